The van der Waals surface area contributed by atoms with Gasteiger partial charge in [0.05, 0.1) is 22.3 Å². The lowest BCUT2D eigenvalue weighted by Crippen LogP contribution is -2.16. The van der Waals surface area contributed by atoms with E-state index < -0.39 is 17.6 Å². The lowest BCUT2D eigenvalue weighted by Gasteiger charge is -2.18. The standard InChI is InChI=1S/C24H17F3N2O/c1-14-10-12-16(13-11-14)21-20(23(28)30)19(15-6-3-2-4-7-15)17-8-5-9-18(22(17)29-21)24(25,26)27/h2-13H,1H3,(H2,28,30). The molecule has 0 aliphatic heterocycles. The van der Waals surface area contributed by atoms with Crippen LogP contribution in [0.25, 0.3) is 33.3 Å². The van der Waals surface area contributed by atoms with E-state index in [1.807, 2.05) is 19.1 Å². The maximum Gasteiger partial charge on any atom is 0.418 e. The summed E-state index contributed by atoms with van der Waals surface area (Å²) in [5, 5.41) is 0.223. The highest BCUT2D eigenvalue weighted by Gasteiger charge is 2.34. The molecular formula is C24H17F3N2O. The number of rotatable bonds is 3. The third kappa shape index (κ3) is 3.41. The van der Waals surface area contributed by atoms with Crippen LogP contribution >= 0.6 is 0 Å². The van der Waals surface area contributed by atoms with E-state index in [1.54, 1.807) is 42.5 Å². The van der Waals surface area contributed by atoms with Crippen molar-refractivity contribution in [3.05, 3.63) is 89.5 Å². The van der Waals surface area contributed by atoms with Crippen LogP contribution in [-0.2, 0) is 6.18 Å². The molecule has 3 aromatic carbocycles. The average Bonchev–Trinajstić information content (AvgIpc) is 2.72. The number of hydrogen-bond acceptors (Lipinski definition) is 2. The third-order valence-electron chi connectivity index (χ3n) is 4.96. The number of primary amides is 1. The van der Waals surface area contributed by atoms with E-state index >= 15 is 0 Å². The fraction of sp³-hybridized carbons (Fsp3) is 0.0833. The van der Waals surface area contributed by atoms with Crippen molar-refractivity contribution in [2.45, 2.75) is 13.1 Å². The van der Waals surface area contributed by atoms with E-state index in [-0.39, 0.29) is 22.2 Å². The highest BCUT2D eigenvalue weighted by atomic mass is 19.4. The van der Waals surface area contributed by atoms with Crippen LogP contribution in [0.1, 0.15) is 21.5 Å². The molecule has 1 aromatic heterocycles. The SMILES string of the molecule is Cc1ccc(-c2nc3c(C(F)(F)F)cccc3c(-c3ccccc3)c2C(N)=O)cc1. The lowest BCUT2D eigenvalue weighted by molar-refractivity contribution is -0.136. The molecule has 4 rings (SSSR count). The molecular weight excluding hydrogens is 389 g/mol. The Morgan fingerprint density at radius 2 is 1.53 bits per heavy atom. The highest BCUT2D eigenvalue weighted by Crippen LogP contribution is 2.41. The van der Waals surface area contributed by atoms with Gasteiger partial charge in [-0.05, 0) is 18.6 Å². The number of amides is 1. The van der Waals surface area contributed by atoms with Gasteiger partial charge in [0.15, 0.2) is 0 Å². The van der Waals surface area contributed by atoms with E-state index in [0.717, 1.165) is 11.6 Å². The van der Waals surface area contributed by atoms with Gasteiger partial charge in [-0.1, -0.05) is 72.3 Å². The molecule has 2 N–H and O–H groups in total. The third-order valence-corrected chi connectivity index (χ3v) is 4.96. The Bertz CT molecular complexity index is 1250. The second kappa shape index (κ2) is 7.30. The number of pyridine rings is 1. The fourth-order valence-electron chi connectivity index (χ4n) is 3.58. The predicted octanol–water partition coefficient (Wildman–Crippen LogP) is 5.99. The summed E-state index contributed by atoms with van der Waals surface area (Å²) in [6.07, 6.45) is -4.60. The van der Waals surface area contributed by atoms with E-state index in [9.17, 15) is 18.0 Å². The first kappa shape index (κ1) is 19.6. The minimum atomic E-state index is -4.60. The lowest BCUT2D eigenvalue weighted by atomic mass is 9.90. The van der Waals surface area contributed by atoms with Crippen LogP contribution < -0.4 is 5.73 Å². The Balaban J connectivity index is 2.22. The minimum absolute atomic E-state index is 0.0943. The smallest absolute Gasteiger partial charge is 0.366 e. The number of alkyl halides is 3. The van der Waals surface area contributed by atoms with E-state index in [2.05, 4.69) is 4.98 Å². The Morgan fingerprint density at radius 3 is 2.13 bits per heavy atom. The van der Waals surface area contributed by atoms with Gasteiger partial charge in [0, 0.05) is 16.5 Å². The number of carbonyl (C=O) groups excluding carboxylic acids is 1. The number of halogens is 3. The summed E-state index contributed by atoms with van der Waals surface area (Å²) in [5.74, 6) is -0.753. The zero-order valence-corrected chi connectivity index (χ0v) is 16.0. The van der Waals surface area contributed by atoms with Crippen LogP contribution in [0.15, 0.2) is 72.8 Å². The van der Waals surface area contributed by atoms with Crippen LogP contribution in [-0.4, -0.2) is 10.9 Å². The maximum atomic E-state index is 13.8. The second-order valence-electron chi connectivity index (χ2n) is 7.01. The van der Waals surface area contributed by atoms with Gasteiger partial charge in [-0.3, -0.25) is 4.79 Å². The monoisotopic (exact) mass is 406 g/mol. The summed E-state index contributed by atoms with van der Waals surface area (Å²) in [4.78, 5) is 16.9. The van der Waals surface area contributed by atoms with Crippen LogP contribution in [0.4, 0.5) is 13.2 Å². The highest BCUT2D eigenvalue weighted by molar-refractivity contribution is 6.13. The molecule has 4 aromatic rings. The molecule has 0 bridgehead atoms. The molecule has 150 valence electrons. The maximum absolute atomic E-state index is 13.8. The molecule has 0 unspecified atom stereocenters. The van der Waals surface area contributed by atoms with Crippen molar-refractivity contribution in [2.24, 2.45) is 5.73 Å². The first-order valence-electron chi connectivity index (χ1n) is 9.23. The molecule has 6 heteroatoms. The number of fused-ring (bicyclic) bond motifs is 1. The average molecular weight is 406 g/mol. The minimum Gasteiger partial charge on any atom is -0.366 e. The number of carbonyl (C=O) groups is 1. The second-order valence-corrected chi connectivity index (χ2v) is 7.01. The molecule has 0 aliphatic rings. The van der Waals surface area contributed by atoms with Crippen molar-refractivity contribution >= 4 is 16.8 Å². The molecule has 0 atom stereocenters. The zero-order valence-electron chi connectivity index (χ0n) is 16.0. The van der Waals surface area contributed by atoms with E-state index in [0.29, 0.717) is 16.7 Å². The molecule has 0 saturated heterocycles. The molecule has 0 aliphatic carbocycles. The van der Waals surface area contributed by atoms with Gasteiger partial charge in [-0.15, -0.1) is 0 Å². The molecule has 0 spiro atoms. The van der Waals surface area contributed by atoms with Crippen molar-refractivity contribution in [1.29, 1.82) is 0 Å². The summed E-state index contributed by atoms with van der Waals surface area (Å²) in [5.41, 5.74) is 7.30. The Morgan fingerprint density at radius 1 is 0.867 bits per heavy atom. The Kier molecular flexibility index (Phi) is 4.78. The number of aryl methyl sites for hydroxylation is 1. The van der Waals surface area contributed by atoms with Crippen LogP contribution in [0.3, 0.4) is 0 Å². The quantitative estimate of drug-likeness (QED) is 0.454. The molecule has 1 amide bonds. The fourth-order valence-corrected chi connectivity index (χ4v) is 3.58. The summed E-state index contributed by atoms with van der Waals surface area (Å²) in [7, 11) is 0. The molecule has 3 nitrogen and oxygen atoms in total. The number of nitrogens with zero attached hydrogens (tertiary/aromatic N) is 1. The van der Waals surface area contributed by atoms with Crippen molar-refractivity contribution in [3.8, 4) is 22.4 Å². The van der Waals surface area contributed by atoms with E-state index in [4.69, 9.17) is 5.73 Å². The predicted molar refractivity (Wildman–Crippen MR) is 111 cm³/mol. The van der Waals surface area contributed by atoms with Crippen molar-refractivity contribution in [2.75, 3.05) is 0 Å². The first-order chi connectivity index (χ1) is 14.3. The Labute approximate surface area is 171 Å². The molecule has 1 heterocycles. The summed E-state index contributed by atoms with van der Waals surface area (Å²) >= 11 is 0. The number of hydrogen-bond donors (Lipinski definition) is 1. The number of aromatic nitrogens is 1. The van der Waals surface area contributed by atoms with Crippen molar-refractivity contribution in [3.63, 3.8) is 0 Å². The first-order valence-corrected chi connectivity index (χ1v) is 9.23. The van der Waals surface area contributed by atoms with E-state index in [1.165, 1.54) is 12.1 Å². The van der Waals surface area contributed by atoms with Crippen molar-refractivity contribution < 1.29 is 18.0 Å². The molecule has 0 fully saturated rings. The topological polar surface area (TPSA) is 56.0 Å². The van der Waals surface area contributed by atoms with Crippen molar-refractivity contribution in [1.82, 2.24) is 4.98 Å². The molecule has 30 heavy (non-hydrogen) atoms. The van der Waals surface area contributed by atoms with Gasteiger partial charge in [0.1, 0.15) is 0 Å². The van der Waals surface area contributed by atoms with Gasteiger partial charge < -0.3 is 5.73 Å². The summed E-state index contributed by atoms with van der Waals surface area (Å²) in [6.45, 7) is 1.89. The molecule has 0 radical (unpaired) electrons. The van der Waals surface area contributed by atoms with Gasteiger partial charge in [0.2, 0.25) is 0 Å². The van der Waals surface area contributed by atoms with Crippen LogP contribution in [0, 0.1) is 6.92 Å². The number of para-hydroxylation sites is 1. The molecule has 0 saturated carbocycles. The number of benzene rings is 3. The van der Waals surface area contributed by atoms with Gasteiger partial charge in [0.25, 0.3) is 5.91 Å². The largest absolute Gasteiger partial charge is 0.418 e. The van der Waals surface area contributed by atoms with Gasteiger partial charge in [-0.25, -0.2) is 4.98 Å². The van der Waals surface area contributed by atoms with Gasteiger partial charge in [-0.2, -0.15) is 13.2 Å². The number of nitrogens with two attached hydrogens (primary N) is 1. The zero-order chi connectivity index (χ0) is 21.5. The van der Waals surface area contributed by atoms with Crippen LogP contribution in [0.2, 0.25) is 0 Å². The summed E-state index contributed by atoms with van der Waals surface area (Å²) < 4.78 is 41.3. The summed E-state index contributed by atoms with van der Waals surface area (Å²) in [6, 6.07) is 19.7. The Hall–Kier alpha value is -3.67. The van der Waals surface area contributed by atoms with Crippen LogP contribution in [0.5, 0.6) is 0 Å². The normalized spacial score (nSPS) is 11.6. The van der Waals surface area contributed by atoms with Gasteiger partial charge >= 0.3 is 6.18 Å².